The summed E-state index contributed by atoms with van der Waals surface area (Å²) in [7, 11) is 0. The molecule has 1 atom stereocenters. The second-order valence-electron chi connectivity index (χ2n) is 5.52. The van der Waals surface area contributed by atoms with E-state index in [1.165, 1.54) is 18.4 Å². The minimum absolute atomic E-state index is 0.334. The lowest BCUT2D eigenvalue weighted by molar-refractivity contribution is 0.259. The van der Waals surface area contributed by atoms with Crippen molar-refractivity contribution in [1.29, 1.82) is 0 Å². The molecule has 1 aliphatic rings. The van der Waals surface area contributed by atoms with E-state index >= 15 is 0 Å². The van der Waals surface area contributed by atoms with Crippen LogP contribution in [0.1, 0.15) is 49.5 Å². The Bertz CT molecular complexity index is 529. The second-order valence-corrected chi connectivity index (χ2v) is 5.96. The fourth-order valence-corrected chi connectivity index (χ4v) is 3.03. The van der Waals surface area contributed by atoms with Crippen LogP contribution < -0.4 is 5.32 Å². The zero-order chi connectivity index (χ0) is 13.9. The van der Waals surface area contributed by atoms with Crippen molar-refractivity contribution in [2.75, 3.05) is 0 Å². The Labute approximate surface area is 124 Å². The van der Waals surface area contributed by atoms with Crippen LogP contribution in [0.5, 0.6) is 0 Å². The van der Waals surface area contributed by atoms with Gasteiger partial charge in [-0.15, -0.1) is 0 Å². The standard InChI is InChI=1S/C16H20ClN3/c1-2-15(16-18-7-8-19-16)20-14-9-12(10-14)11-3-5-13(17)6-4-11/h3-8,12,14-15,20H,2,9-10H2,1H3,(H,18,19). The van der Waals surface area contributed by atoms with Gasteiger partial charge in [-0.05, 0) is 42.9 Å². The van der Waals surface area contributed by atoms with E-state index in [1.54, 1.807) is 0 Å². The highest BCUT2D eigenvalue weighted by molar-refractivity contribution is 6.30. The van der Waals surface area contributed by atoms with E-state index in [4.69, 9.17) is 11.6 Å². The number of nitrogens with zero attached hydrogens (tertiary/aromatic N) is 1. The molecule has 0 amide bonds. The highest BCUT2D eigenvalue weighted by Gasteiger charge is 2.31. The molecule has 0 radical (unpaired) electrons. The summed E-state index contributed by atoms with van der Waals surface area (Å²) < 4.78 is 0. The maximum atomic E-state index is 5.93. The minimum atomic E-state index is 0.334. The Morgan fingerprint density at radius 2 is 2.10 bits per heavy atom. The fourth-order valence-electron chi connectivity index (χ4n) is 2.90. The van der Waals surface area contributed by atoms with Crippen LogP contribution in [0.25, 0.3) is 0 Å². The van der Waals surface area contributed by atoms with Gasteiger partial charge in [0, 0.05) is 23.5 Å². The van der Waals surface area contributed by atoms with Gasteiger partial charge in [-0.25, -0.2) is 4.98 Å². The summed E-state index contributed by atoms with van der Waals surface area (Å²) in [6, 6.07) is 9.18. The van der Waals surface area contributed by atoms with Crippen LogP contribution in [0.4, 0.5) is 0 Å². The molecule has 0 aliphatic heterocycles. The van der Waals surface area contributed by atoms with Crippen molar-refractivity contribution in [3.63, 3.8) is 0 Å². The molecule has 0 saturated heterocycles. The van der Waals surface area contributed by atoms with E-state index < -0.39 is 0 Å². The van der Waals surface area contributed by atoms with Crippen molar-refractivity contribution >= 4 is 11.6 Å². The summed E-state index contributed by atoms with van der Waals surface area (Å²) in [5, 5.41) is 4.51. The molecule has 1 aliphatic carbocycles. The molecule has 2 N–H and O–H groups in total. The predicted octanol–water partition coefficient (Wildman–Crippen LogP) is 4.05. The quantitative estimate of drug-likeness (QED) is 0.872. The molecule has 1 aromatic carbocycles. The molecule has 3 rings (SSSR count). The number of nitrogens with one attached hydrogen (secondary N) is 2. The predicted molar refractivity (Wildman–Crippen MR) is 82.0 cm³/mol. The monoisotopic (exact) mass is 289 g/mol. The van der Waals surface area contributed by atoms with Gasteiger partial charge in [-0.3, -0.25) is 0 Å². The van der Waals surface area contributed by atoms with Gasteiger partial charge in [-0.2, -0.15) is 0 Å². The molecular weight excluding hydrogens is 270 g/mol. The third kappa shape index (κ3) is 2.89. The van der Waals surface area contributed by atoms with E-state index in [9.17, 15) is 0 Å². The van der Waals surface area contributed by atoms with Crippen LogP contribution in [0.3, 0.4) is 0 Å². The molecule has 1 fully saturated rings. The van der Waals surface area contributed by atoms with Crippen LogP contribution in [0, 0.1) is 0 Å². The van der Waals surface area contributed by atoms with E-state index in [1.807, 2.05) is 24.5 Å². The summed E-state index contributed by atoms with van der Waals surface area (Å²) in [6.07, 6.45) is 7.14. The van der Waals surface area contributed by atoms with Crippen molar-refractivity contribution in [1.82, 2.24) is 15.3 Å². The van der Waals surface area contributed by atoms with Crippen molar-refractivity contribution in [3.05, 3.63) is 53.1 Å². The average molecular weight is 290 g/mol. The first-order valence-corrected chi connectivity index (χ1v) is 7.65. The smallest absolute Gasteiger partial charge is 0.123 e. The lowest BCUT2D eigenvalue weighted by atomic mass is 9.75. The van der Waals surface area contributed by atoms with Crippen molar-refractivity contribution < 1.29 is 0 Å². The maximum absolute atomic E-state index is 5.93. The molecular formula is C16H20ClN3. The van der Waals surface area contributed by atoms with Gasteiger partial charge >= 0.3 is 0 Å². The molecule has 1 unspecified atom stereocenters. The van der Waals surface area contributed by atoms with Gasteiger partial charge in [0.2, 0.25) is 0 Å². The summed E-state index contributed by atoms with van der Waals surface area (Å²) in [5.41, 5.74) is 1.40. The number of imidazole rings is 1. The number of benzene rings is 1. The Kier molecular flexibility index (Phi) is 4.08. The SMILES string of the molecule is CCC(NC1CC(c2ccc(Cl)cc2)C1)c1ncc[nH]1. The number of aromatic nitrogens is 2. The Morgan fingerprint density at radius 1 is 1.35 bits per heavy atom. The normalized spacial score (nSPS) is 23.3. The Balaban J connectivity index is 1.54. The van der Waals surface area contributed by atoms with E-state index in [-0.39, 0.29) is 0 Å². The molecule has 1 heterocycles. The molecule has 3 nitrogen and oxygen atoms in total. The van der Waals surface area contributed by atoms with Gasteiger partial charge in [0.05, 0.1) is 6.04 Å². The summed E-state index contributed by atoms with van der Waals surface area (Å²) in [5.74, 6) is 1.71. The fraction of sp³-hybridized carbons (Fsp3) is 0.438. The number of halogens is 1. The first kappa shape index (κ1) is 13.7. The number of aromatic amines is 1. The Hall–Kier alpha value is -1.32. The van der Waals surface area contributed by atoms with Crippen LogP contribution in [-0.4, -0.2) is 16.0 Å². The summed E-state index contributed by atoms with van der Waals surface area (Å²) >= 11 is 5.93. The highest BCUT2D eigenvalue weighted by Crippen LogP contribution is 2.38. The molecule has 1 aromatic heterocycles. The van der Waals surface area contributed by atoms with Gasteiger partial charge in [-0.1, -0.05) is 30.7 Å². The third-order valence-corrected chi connectivity index (χ3v) is 4.43. The van der Waals surface area contributed by atoms with Crippen molar-refractivity contribution in [3.8, 4) is 0 Å². The average Bonchev–Trinajstić information content (AvgIpc) is 2.93. The van der Waals surface area contributed by atoms with Crippen molar-refractivity contribution in [2.24, 2.45) is 0 Å². The molecule has 2 aromatic rings. The molecule has 106 valence electrons. The molecule has 4 heteroatoms. The number of H-pyrrole nitrogens is 1. The van der Waals surface area contributed by atoms with Gasteiger partial charge in [0.25, 0.3) is 0 Å². The van der Waals surface area contributed by atoms with E-state index in [0.29, 0.717) is 18.0 Å². The molecule has 20 heavy (non-hydrogen) atoms. The largest absolute Gasteiger partial charge is 0.347 e. The molecule has 1 saturated carbocycles. The number of rotatable bonds is 5. The van der Waals surface area contributed by atoms with Gasteiger partial charge in [0.1, 0.15) is 5.82 Å². The minimum Gasteiger partial charge on any atom is -0.347 e. The van der Waals surface area contributed by atoms with E-state index in [2.05, 4.69) is 34.3 Å². The second kappa shape index (κ2) is 5.98. The zero-order valence-corrected chi connectivity index (χ0v) is 12.4. The lowest BCUT2D eigenvalue weighted by Crippen LogP contribution is -2.42. The summed E-state index contributed by atoms with van der Waals surface area (Å²) in [6.45, 7) is 2.19. The first-order chi connectivity index (χ1) is 9.76. The van der Waals surface area contributed by atoms with Crippen molar-refractivity contribution in [2.45, 2.75) is 44.2 Å². The van der Waals surface area contributed by atoms with Crippen LogP contribution in [-0.2, 0) is 0 Å². The maximum Gasteiger partial charge on any atom is 0.123 e. The number of hydrogen-bond donors (Lipinski definition) is 2. The van der Waals surface area contributed by atoms with Gasteiger partial charge in [0.15, 0.2) is 0 Å². The number of hydrogen-bond acceptors (Lipinski definition) is 2. The molecule has 0 spiro atoms. The third-order valence-electron chi connectivity index (χ3n) is 4.17. The Morgan fingerprint density at radius 3 is 2.70 bits per heavy atom. The van der Waals surface area contributed by atoms with E-state index in [0.717, 1.165) is 17.3 Å². The lowest BCUT2D eigenvalue weighted by Gasteiger charge is -2.38. The zero-order valence-electron chi connectivity index (χ0n) is 11.6. The highest BCUT2D eigenvalue weighted by atomic mass is 35.5. The summed E-state index contributed by atoms with van der Waals surface area (Å²) in [4.78, 5) is 7.56. The molecule has 0 bridgehead atoms. The van der Waals surface area contributed by atoms with Crippen LogP contribution >= 0.6 is 11.6 Å². The topological polar surface area (TPSA) is 40.7 Å². The first-order valence-electron chi connectivity index (χ1n) is 7.27. The van der Waals surface area contributed by atoms with Gasteiger partial charge < -0.3 is 10.3 Å². The van der Waals surface area contributed by atoms with Crippen LogP contribution in [0.15, 0.2) is 36.7 Å². The van der Waals surface area contributed by atoms with Crippen LogP contribution in [0.2, 0.25) is 5.02 Å².